The normalized spacial score (nSPS) is 12.8. The van der Waals surface area contributed by atoms with Crippen LogP contribution in [0.25, 0.3) is 10.9 Å². The van der Waals surface area contributed by atoms with Gasteiger partial charge in [0.05, 0.1) is 0 Å². The molecule has 0 saturated carbocycles. The van der Waals surface area contributed by atoms with E-state index in [1.807, 2.05) is 31.2 Å². The predicted octanol–water partition coefficient (Wildman–Crippen LogP) is 0.965. The van der Waals surface area contributed by atoms with Crippen LogP contribution in [0.4, 0.5) is 0 Å². The molecule has 1 atom stereocenters. The van der Waals surface area contributed by atoms with E-state index < -0.39 is 0 Å². The van der Waals surface area contributed by atoms with Crippen LogP contribution in [0, 0.1) is 0 Å². The fourth-order valence-electron chi connectivity index (χ4n) is 1.79. The number of hydrogen-bond donors (Lipinski definition) is 3. The van der Waals surface area contributed by atoms with Crippen molar-refractivity contribution in [3.8, 4) is 0 Å². The Labute approximate surface area is 99.8 Å². The molecule has 0 fully saturated rings. The Morgan fingerprint density at radius 1 is 1.41 bits per heavy atom. The van der Waals surface area contributed by atoms with Gasteiger partial charge in [-0.2, -0.15) is 0 Å². The summed E-state index contributed by atoms with van der Waals surface area (Å²) in [6.07, 6.45) is 0. The number of benzene rings is 1. The summed E-state index contributed by atoms with van der Waals surface area (Å²) < 4.78 is 0. The third-order valence-corrected chi connectivity index (χ3v) is 2.83. The zero-order chi connectivity index (χ0) is 12.3. The van der Waals surface area contributed by atoms with Crippen molar-refractivity contribution < 1.29 is 0 Å². The second-order valence-corrected chi connectivity index (χ2v) is 4.22. The monoisotopic (exact) mass is 231 g/mol. The van der Waals surface area contributed by atoms with Gasteiger partial charge in [-0.1, -0.05) is 18.2 Å². The van der Waals surface area contributed by atoms with Crippen molar-refractivity contribution in [3.63, 3.8) is 0 Å². The number of fused-ring (bicyclic) bond motifs is 1. The molecule has 90 valence electrons. The van der Waals surface area contributed by atoms with Crippen LogP contribution in [0.1, 0.15) is 12.5 Å². The largest absolute Gasteiger partial charge is 0.329 e. The third-order valence-electron chi connectivity index (χ3n) is 2.83. The maximum absolute atomic E-state index is 11.5. The molecule has 1 aromatic carbocycles. The lowest BCUT2D eigenvalue weighted by molar-refractivity contribution is 0.557. The highest BCUT2D eigenvalue weighted by atomic mass is 16.1. The van der Waals surface area contributed by atoms with Crippen molar-refractivity contribution in [1.82, 2.24) is 10.3 Å². The molecule has 1 heterocycles. The Morgan fingerprint density at radius 2 is 2.18 bits per heavy atom. The lowest BCUT2D eigenvalue weighted by atomic mass is 10.1. The van der Waals surface area contributed by atoms with Gasteiger partial charge in [-0.05, 0) is 18.6 Å². The summed E-state index contributed by atoms with van der Waals surface area (Å²) in [5, 5.41) is 4.36. The Kier molecular flexibility index (Phi) is 3.56. The molecule has 0 unspecified atom stereocenters. The van der Waals surface area contributed by atoms with Gasteiger partial charge in [0.25, 0.3) is 0 Å². The van der Waals surface area contributed by atoms with E-state index in [0.717, 1.165) is 16.5 Å². The second-order valence-electron chi connectivity index (χ2n) is 4.22. The smallest absolute Gasteiger partial charge is 0.248 e. The summed E-state index contributed by atoms with van der Waals surface area (Å²) >= 11 is 0. The molecule has 1 aromatic heterocycles. The lowest BCUT2D eigenvalue weighted by Crippen LogP contribution is -2.32. The highest BCUT2D eigenvalue weighted by Crippen LogP contribution is 2.14. The van der Waals surface area contributed by atoms with Gasteiger partial charge in [0.15, 0.2) is 0 Å². The summed E-state index contributed by atoms with van der Waals surface area (Å²) in [5.41, 5.74) is 7.36. The van der Waals surface area contributed by atoms with Gasteiger partial charge in [0, 0.05) is 36.1 Å². The average molecular weight is 231 g/mol. The fourth-order valence-corrected chi connectivity index (χ4v) is 1.79. The topological polar surface area (TPSA) is 70.9 Å². The summed E-state index contributed by atoms with van der Waals surface area (Å²) in [7, 11) is 0. The molecule has 4 N–H and O–H groups in total. The first kappa shape index (κ1) is 11.8. The van der Waals surface area contributed by atoms with E-state index in [9.17, 15) is 4.79 Å². The summed E-state index contributed by atoms with van der Waals surface area (Å²) in [6, 6.07) is 9.68. The fraction of sp³-hybridized carbons (Fsp3) is 0.308. The van der Waals surface area contributed by atoms with Gasteiger partial charge in [-0.15, -0.1) is 0 Å². The van der Waals surface area contributed by atoms with E-state index in [1.165, 1.54) is 0 Å². The highest BCUT2D eigenvalue weighted by Gasteiger charge is 2.04. The molecule has 4 nitrogen and oxygen atoms in total. The molecule has 2 aromatic rings. The van der Waals surface area contributed by atoms with Crippen molar-refractivity contribution in [2.45, 2.75) is 19.5 Å². The van der Waals surface area contributed by atoms with Gasteiger partial charge in [-0.3, -0.25) is 4.79 Å². The van der Waals surface area contributed by atoms with Crippen LogP contribution in [0.2, 0.25) is 0 Å². The molecular formula is C13H17N3O. The van der Waals surface area contributed by atoms with Crippen molar-refractivity contribution in [2.75, 3.05) is 6.54 Å². The number of nitrogens with two attached hydrogens (primary N) is 1. The average Bonchev–Trinajstić information content (AvgIpc) is 2.35. The minimum atomic E-state index is -0.0686. The number of nitrogens with one attached hydrogen (secondary N) is 2. The van der Waals surface area contributed by atoms with Crippen LogP contribution in [0.3, 0.4) is 0 Å². The van der Waals surface area contributed by atoms with Gasteiger partial charge >= 0.3 is 0 Å². The Hall–Kier alpha value is -1.65. The summed E-state index contributed by atoms with van der Waals surface area (Å²) in [4.78, 5) is 14.3. The minimum absolute atomic E-state index is 0.0686. The van der Waals surface area contributed by atoms with E-state index >= 15 is 0 Å². The van der Waals surface area contributed by atoms with Crippen molar-refractivity contribution in [2.24, 2.45) is 5.73 Å². The number of rotatable bonds is 4. The molecule has 0 aliphatic heterocycles. The molecule has 2 rings (SSSR count). The van der Waals surface area contributed by atoms with Crippen molar-refractivity contribution >= 4 is 10.9 Å². The molecule has 0 bridgehead atoms. The lowest BCUT2D eigenvalue weighted by Gasteiger charge is -2.12. The molecule has 0 amide bonds. The zero-order valence-electron chi connectivity index (χ0n) is 9.86. The number of H-pyrrole nitrogens is 1. The zero-order valence-corrected chi connectivity index (χ0v) is 9.86. The molecular weight excluding hydrogens is 214 g/mol. The van der Waals surface area contributed by atoms with Crippen LogP contribution < -0.4 is 16.6 Å². The van der Waals surface area contributed by atoms with Gasteiger partial charge in [-0.25, -0.2) is 0 Å². The maximum Gasteiger partial charge on any atom is 0.248 e. The number of para-hydroxylation sites is 1. The molecule has 4 heteroatoms. The quantitative estimate of drug-likeness (QED) is 0.734. The number of aromatic amines is 1. The standard InChI is InChI=1S/C13H17N3O/c1-9(7-14)15-8-10-6-13(17)16-12-5-3-2-4-11(10)12/h2-6,9,15H,7-8,14H2,1H3,(H,16,17)/t9-/m1/s1. The predicted molar refractivity (Wildman–Crippen MR) is 69.9 cm³/mol. The number of hydrogen-bond acceptors (Lipinski definition) is 3. The molecule has 0 aliphatic carbocycles. The minimum Gasteiger partial charge on any atom is -0.329 e. The van der Waals surface area contributed by atoms with E-state index in [2.05, 4.69) is 10.3 Å². The van der Waals surface area contributed by atoms with Crippen LogP contribution in [0.5, 0.6) is 0 Å². The SMILES string of the molecule is C[C@H](CN)NCc1cc(=O)[nH]c2ccccc12. The Morgan fingerprint density at radius 3 is 2.94 bits per heavy atom. The van der Waals surface area contributed by atoms with Crippen LogP contribution in [0.15, 0.2) is 35.1 Å². The summed E-state index contributed by atoms with van der Waals surface area (Å²) in [6.45, 7) is 3.26. The molecule has 0 spiro atoms. The van der Waals surface area contributed by atoms with Crippen molar-refractivity contribution in [1.29, 1.82) is 0 Å². The van der Waals surface area contributed by atoms with E-state index in [4.69, 9.17) is 5.73 Å². The first-order valence-electron chi connectivity index (χ1n) is 5.75. The second kappa shape index (κ2) is 5.12. The molecule has 0 aliphatic rings. The molecule has 0 saturated heterocycles. The van der Waals surface area contributed by atoms with Crippen LogP contribution in [-0.4, -0.2) is 17.6 Å². The Bertz CT molecular complexity index is 562. The summed E-state index contributed by atoms with van der Waals surface area (Å²) in [5.74, 6) is 0. The van der Waals surface area contributed by atoms with Crippen LogP contribution >= 0.6 is 0 Å². The van der Waals surface area contributed by atoms with E-state index in [1.54, 1.807) is 6.07 Å². The molecule has 17 heavy (non-hydrogen) atoms. The first-order chi connectivity index (χ1) is 8.20. The van der Waals surface area contributed by atoms with Gasteiger partial charge in [0.2, 0.25) is 5.56 Å². The first-order valence-corrected chi connectivity index (χ1v) is 5.75. The molecule has 0 radical (unpaired) electrons. The highest BCUT2D eigenvalue weighted by molar-refractivity contribution is 5.81. The van der Waals surface area contributed by atoms with Gasteiger partial charge < -0.3 is 16.0 Å². The Balaban J connectivity index is 2.35. The van der Waals surface area contributed by atoms with Gasteiger partial charge in [0.1, 0.15) is 0 Å². The number of aromatic nitrogens is 1. The maximum atomic E-state index is 11.5. The third kappa shape index (κ3) is 2.72. The van der Waals surface area contributed by atoms with Crippen molar-refractivity contribution in [3.05, 3.63) is 46.2 Å². The van der Waals surface area contributed by atoms with E-state index in [-0.39, 0.29) is 11.6 Å². The number of pyridine rings is 1. The van der Waals surface area contributed by atoms with Crippen LogP contribution in [-0.2, 0) is 6.54 Å². The van der Waals surface area contributed by atoms with E-state index in [0.29, 0.717) is 13.1 Å².